The Morgan fingerprint density at radius 1 is 1.38 bits per heavy atom. The first-order chi connectivity index (χ1) is 6.24. The third-order valence-corrected chi connectivity index (χ3v) is 2.52. The molecule has 76 valence electrons. The van der Waals surface area contributed by atoms with E-state index < -0.39 is 0 Å². The second-order valence-electron chi connectivity index (χ2n) is 3.78. The molecular formula is C12H23N. The molecular weight excluding hydrogens is 158 g/mol. The minimum absolute atomic E-state index is 0.794. The maximum atomic E-state index is 7.02. The first kappa shape index (κ1) is 12.4. The molecule has 0 aromatic rings. The molecule has 0 aromatic carbocycles. The second-order valence-corrected chi connectivity index (χ2v) is 3.78. The lowest BCUT2D eigenvalue weighted by Gasteiger charge is -2.14. The summed E-state index contributed by atoms with van der Waals surface area (Å²) in [5, 5.41) is 7.02. The Balaban J connectivity index is 3.85. The van der Waals surface area contributed by atoms with Gasteiger partial charge in [0.2, 0.25) is 0 Å². The van der Waals surface area contributed by atoms with Crippen molar-refractivity contribution in [3.63, 3.8) is 0 Å². The van der Waals surface area contributed by atoms with Gasteiger partial charge >= 0.3 is 0 Å². The summed E-state index contributed by atoms with van der Waals surface area (Å²) in [6.07, 6.45) is 9.65. The smallest absolute Gasteiger partial charge is 0.00476 e. The van der Waals surface area contributed by atoms with Gasteiger partial charge in [-0.25, -0.2) is 0 Å². The van der Waals surface area contributed by atoms with E-state index in [1.165, 1.54) is 37.5 Å². The molecule has 0 amide bonds. The van der Waals surface area contributed by atoms with E-state index in [0.717, 1.165) is 12.3 Å². The van der Waals surface area contributed by atoms with Crippen molar-refractivity contribution in [3.05, 3.63) is 11.6 Å². The summed E-state index contributed by atoms with van der Waals surface area (Å²) in [6, 6.07) is 0. The summed E-state index contributed by atoms with van der Waals surface area (Å²) in [5.74, 6) is 0.794. The van der Waals surface area contributed by atoms with Gasteiger partial charge in [-0.1, -0.05) is 31.4 Å². The van der Waals surface area contributed by atoms with Gasteiger partial charge in [0, 0.05) is 0 Å². The summed E-state index contributed by atoms with van der Waals surface area (Å²) in [7, 11) is 0. The van der Waals surface area contributed by atoms with Crippen LogP contribution in [0.2, 0.25) is 0 Å². The van der Waals surface area contributed by atoms with Crippen molar-refractivity contribution in [1.82, 2.24) is 0 Å². The van der Waals surface area contributed by atoms with E-state index >= 15 is 0 Å². The summed E-state index contributed by atoms with van der Waals surface area (Å²) >= 11 is 0. The van der Waals surface area contributed by atoms with E-state index in [2.05, 4.69) is 26.8 Å². The first-order valence-electron chi connectivity index (χ1n) is 5.35. The molecule has 0 saturated carbocycles. The van der Waals surface area contributed by atoms with E-state index in [4.69, 9.17) is 5.41 Å². The lowest BCUT2D eigenvalue weighted by molar-refractivity contribution is 0.450. The Labute approximate surface area is 82.7 Å². The van der Waals surface area contributed by atoms with E-state index in [1.54, 1.807) is 0 Å². The van der Waals surface area contributed by atoms with E-state index in [1.807, 2.05) is 0 Å². The monoisotopic (exact) mass is 181 g/mol. The van der Waals surface area contributed by atoms with Crippen molar-refractivity contribution in [1.29, 1.82) is 5.41 Å². The van der Waals surface area contributed by atoms with Crippen LogP contribution in [-0.2, 0) is 0 Å². The van der Waals surface area contributed by atoms with Crippen LogP contribution in [0, 0.1) is 11.3 Å². The van der Waals surface area contributed by atoms with Gasteiger partial charge in [-0.15, -0.1) is 0 Å². The predicted octanol–water partition coefficient (Wildman–Crippen LogP) is 4.19. The van der Waals surface area contributed by atoms with Crippen molar-refractivity contribution in [2.45, 2.75) is 52.9 Å². The van der Waals surface area contributed by atoms with Crippen molar-refractivity contribution in [2.75, 3.05) is 0 Å². The number of hydrogen-bond acceptors (Lipinski definition) is 1. The fraction of sp³-hybridized carbons (Fsp3) is 0.750. The number of nitrogens with one attached hydrogen (secondary N) is 1. The molecule has 1 unspecified atom stereocenters. The van der Waals surface area contributed by atoms with Crippen molar-refractivity contribution in [3.8, 4) is 0 Å². The molecule has 1 N–H and O–H groups in total. The standard InChI is InChI=1S/C12H23N/c1-4-7-12(8-6-9-13)10-11(3)5-2/h5,9,12-13H,4,6-8,10H2,1-3H3/b11-5+,13-9?. The van der Waals surface area contributed by atoms with Crippen LogP contribution < -0.4 is 0 Å². The average molecular weight is 181 g/mol. The van der Waals surface area contributed by atoms with Crippen molar-refractivity contribution < 1.29 is 0 Å². The summed E-state index contributed by atoms with van der Waals surface area (Å²) in [6.45, 7) is 6.55. The van der Waals surface area contributed by atoms with Gasteiger partial charge in [-0.05, 0) is 45.2 Å². The third kappa shape index (κ3) is 6.56. The summed E-state index contributed by atoms with van der Waals surface area (Å²) in [5.41, 5.74) is 1.49. The molecule has 0 saturated heterocycles. The summed E-state index contributed by atoms with van der Waals surface area (Å²) in [4.78, 5) is 0. The van der Waals surface area contributed by atoms with Crippen molar-refractivity contribution >= 4 is 6.21 Å². The maximum absolute atomic E-state index is 7.02. The Morgan fingerprint density at radius 3 is 2.54 bits per heavy atom. The van der Waals surface area contributed by atoms with Gasteiger partial charge in [-0.2, -0.15) is 0 Å². The zero-order valence-electron chi connectivity index (χ0n) is 9.27. The largest absolute Gasteiger partial charge is 0.313 e. The van der Waals surface area contributed by atoms with E-state index in [-0.39, 0.29) is 0 Å². The highest BCUT2D eigenvalue weighted by atomic mass is 14.3. The topological polar surface area (TPSA) is 23.9 Å². The summed E-state index contributed by atoms with van der Waals surface area (Å²) < 4.78 is 0. The zero-order chi connectivity index (χ0) is 10.1. The maximum Gasteiger partial charge on any atom is -0.00476 e. The van der Waals surface area contributed by atoms with Gasteiger partial charge in [-0.3, -0.25) is 0 Å². The molecule has 0 aliphatic rings. The predicted molar refractivity (Wildman–Crippen MR) is 60.5 cm³/mol. The van der Waals surface area contributed by atoms with Crippen LogP contribution in [0.15, 0.2) is 11.6 Å². The van der Waals surface area contributed by atoms with Crippen LogP contribution in [0.5, 0.6) is 0 Å². The highest BCUT2D eigenvalue weighted by Crippen LogP contribution is 2.21. The molecule has 0 heterocycles. The quantitative estimate of drug-likeness (QED) is 0.450. The minimum atomic E-state index is 0.794. The lowest BCUT2D eigenvalue weighted by Crippen LogP contribution is -2.01. The Kier molecular flexibility index (Phi) is 7.66. The van der Waals surface area contributed by atoms with Gasteiger partial charge < -0.3 is 5.41 Å². The number of rotatable bonds is 7. The van der Waals surface area contributed by atoms with Crippen LogP contribution in [0.25, 0.3) is 0 Å². The molecule has 13 heavy (non-hydrogen) atoms. The van der Waals surface area contributed by atoms with Crippen LogP contribution >= 0.6 is 0 Å². The molecule has 0 aromatic heterocycles. The van der Waals surface area contributed by atoms with E-state index in [0.29, 0.717) is 0 Å². The van der Waals surface area contributed by atoms with Gasteiger partial charge in [0.25, 0.3) is 0 Å². The number of allylic oxidation sites excluding steroid dienone is 2. The molecule has 1 heteroatoms. The van der Waals surface area contributed by atoms with Gasteiger partial charge in [0.15, 0.2) is 0 Å². The fourth-order valence-electron chi connectivity index (χ4n) is 1.65. The van der Waals surface area contributed by atoms with Gasteiger partial charge in [0.1, 0.15) is 0 Å². The highest BCUT2D eigenvalue weighted by molar-refractivity contribution is 5.52. The molecule has 0 aliphatic heterocycles. The SMILES string of the molecule is C/C=C(\C)CC(CCC)CCC=N. The van der Waals surface area contributed by atoms with Crippen LogP contribution in [0.4, 0.5) is 0 Å². The molecule has 0 radical (unpaired) electrons. The van der Waals surface area contributed by atoms with Gasteiger partial charge in [0.05, 0.1) is 0 Å². The second kappa shape index (κ2) is 8.03. The average Bonchev–Trinajstić information content (AvgIpc) is 2.14. The molecule has 0 bridgehead atoms. The molecule has 1 atom stereocenters. The molecule has 0 aliphatic carbocycles. The first-order valence-corrected chi connectivity index (χ1v) is 5.35. The Hall–Kier alpha value is -0.590. The van der Waals surface area contributed by atoms with Crippen molar-refractivity contribution in [2.24, 2.45) is 5.92 Å². The van der Waals surface area contributed by atoms with E-state index in [9.17, 15) is 0 Å². The van der Waals surface area contributed by atoms with Crippen LogP contribution in [0.1, 0.15) is 52.9 Å². The Morgan fingerprint density at radius 2 is 2.08 bits per heavy atom. The van der Waals surface area contributed by atoms with Crippen LogP contribution in [-0.4, -0.2) is 6.21 Å². The third-order valence-electron chi connectivity index (χ3n) is 2.52. The fourth-order valence-corrected chi connectivity index (χ4v) is 1.65. The lowest BCUT2D eigenvalue weighted by atomic mass is 9.91. The molecule has 0 fully saturated rings. The minimum Gasteiger partial charge on any atom is -0.313 e. The normalized spacial score (nSPS) is 14.2. The zero-order valence-corrected chi connectivity index (χ0v) is 9.27. The number of hydrogen-bond donors (Lipinski definition) is 1. The Bertz CT molecular complexity index is 159. The molecule has 0 spiro atoms. The van der Waals surface area contributed by atoms with Crippen LogP contribution in [0.3, 0.4) is 0 Å². The molecule has 0 rings (SSSR count). The highest BCUT2D eigenvalue weighted by Gasteiger charge is 2.06. The molecule has 1 nitrogen and oxygen atoms in total.